The number of rotatable bonds is 5. The van der Waals surface area contributed by atoms with Crippen molar-refractivity contribution < 1.29 is 9.53 Å². The van der Waals surface area contributed by atoms with Gasteiger partial charge in [0.25, 0.3) is 0 Å². The second-order valence-corrected chi connectivity index (χ2v) is 6.72. The van der Waals surface area contributed by atoms with Crippen molar-refractivity contribution in [1.82, 2.24) is 5.32 Å². The number of nitriles is 1. The summed E-state index contributed by atoms with van der Waals surface area (Å²) in [6, 6.07) is 17.5. The minimum Gasteiger partial charge on any atom is -0.479 e. The number of fused-ring (bicyclic) bond motifs is 1. The number of carbonyl (C=O) groups is 1. The molecule has 0 radical (unpaired) electrons. The zero-order valence-electron chi connectivity index (χ0n) is 13.2. The standard InChI is InChI=1S/C19H18N2O2S/c20-10-11-23-16-7-5-14(6-8-16)13-21-19(22)18-17-4-2-1-3-15(17)9-12-24-18/h1-8,18H,9,11-13H2,(H,21,22)/t18-/m1/s1. The molecule has 1 heterocycles. The van der Waals surface area contributed by atoms with Crippen LogP contribution in [0.25, 0.3) is 0 Å². The summed E-state index contributed by atoms with van der Waals surface area (Å²) >= 11 is 1.70. The van der Waals surface area contributed by atoms with Crippen LogP contribution in [0.1, 0.15) is 21.9 Å². The Morgan fingerprint density at radius 2 is 2.04 bits per heavy atom. The molecule has 4 nitrogen and oxygen atoms in total. The first-order chi connectivity index (χ1) is 11.8. The van der Waals surface area contributed by atoms with Crippen molar-refractivity contribution in [3.63, 3.8) is 0 Å². The van der Waals surface area contributed by atoms with Gasteiger partial charge < -0.3 is 10.1 Å². The number of hydrogen-bond acceptors (Lipinski definition) is 4. The van der Waals surface area contributed by atoms with E-state index in [1.165, 1.54) is 5.56 Å². The first-order valence-corrected chi connectivity index (χ1v) is 8.88. The van der Waals surface area contributed by atoms with Gasteiger partial charge >= 0.3 is 0 Å². The van der Waals surface area contributed by atoms with Crippen LogP contribution in [0.5, 0.6) is 5.75 Å². The van der Waals surface area contributed by atoms with Gasteiger partial charge in [0.2, 0.25) is 5.91 Å². The van der Waals surface area contributed by atoms with Crippen molar-refractivity contribution in [1.29, 1.82) is 5.26 Å². The second kappa shape index (κ2) is 7.89. The van der Waals surface area contributed by atoms with Crippen LogP contribution in [0.15, 0.2) is 48.5 Å². The summed E-state index contributed by atoms with van der Waals surface area (Å²) in [4.78, 5) is 12.5. The zero-order valence-corrected chi connectivity index (χ0v) is 14.0. The molecule has 1 atom stereocenters. The molecule has 0 bridgehead atoms. The van der Waals surface area contributed by atoms with Crippen molar-refractivity contribution in [2.75, 3.05) is 12.4 Å². The first-order valence-electron chi connectivity index (χ1n) is 7.84. The Morgan fingerprint density at radius 3 is 2.83 bits per heavy atom. The number of benzene rings is 2. The molecule has 24 heavy (non-hydrogen) atoms. The number of aryl methyl sites for hydroxylation is 1. The molecule has 3 rings (SSSR count). The maximum Gasteiger partial charge on any atom is 0.237 e. The Balaban J connectivity index is 1.59. The van der Waals surface area contributed by atoms with Gasteiger partial charge in [0.15, 0.2) is 6.61 Å². The van der Waals surface area contributed by atoms with E-state index in [0.717, 1.165) is 23.3 Å². The monoisotopic (exact) mass is 338 g/mol. The van der Waals surface area contributed by atoms with E-state index in [1.807, 2.05) is 48.5 Å². The Morgan fingerprint density at radius 1 is 1.25 bits per heavy atom. The molecule has 1 aliphatic heterocycles. The van der Waals surface area contributed by atoms with Crippen molar-refractivity contribution in [3.8, 4) is 11.8 Å². The predicted molar refractivity (Wildman–Crippen MR) is 94.7 cm³/mol. The normalized spacial score (nSPS) is 15.9. The zero-order chi connectivity index (χ0) is 16.8. The summed E-state index contributed by atoms with van der Waals surface area (Å²) in [5.74, 6) is 1.68. The number of hydrogen-bond donors (Lipinski definition) is 1. The van der Waals surface area contributed by atoms with Gasteiger partial charge in [-0.1, -0.05) is 36.4 Å². The van der Waals surface area contributed by atoms with E-state index >= 15 is 0 Å². The minimum atomic E-state index is -0.131. The van der Waals surface area contributed by atoms with Crippen molar-refractivity contribution in [3.05, 3.63) is 65.2 Å². The molecule has 2 aromatic carbocycles. The van der Waals surface area contributed by atoms with Gasteiger partial charge in [-0.3, -0.25) is 4.79 Å². The lowest BCUT2D eigenvalue weighted by Gasteiger charge is -2.24. The lowest BCUT2D eigenvalue weighted by atomic mass is 10.0. The summed E-state index contributed by atoms with van der Waals surface area (Å²) in [7, 11) is 0. The van der Waals surface area contributed by atoms with Gasteiger partial charge in [0.05, 0.1) is 0 Å². The lowest BCUT2D eigenvalue weighted by molar-refractivity contribution is -0.120. The van der Waals surface area contributed by atoms with Crippen molar-refractivity contribution >= 4 is 17.7 Å². The number of thioether (sulfide) groups is 1. The van der Waals surface area contributed by atoms with Gasteiger partial charge in [-0.05, 0) is 41.0 Å². The van der Waals surface area contributed by atoms with Crippen LogP contribution in [0.2, 0.25) is 0 Å². The van der Waals surface area contributed by atoms with E-state index < -0.39 is 0 Å². The molecular formula is C19H18N2O2S. The van der Waals surface area contributed by atoms with Gasteiger partial charge in [0, 0.05) is 6.54 Å². The van der Waals surface area contributed by atoms with Gasteiger partial charge in [-0.2, -0.15) is 5.26 Å². The third kappa shape index (κ3) is 3.90. The Kier molecular flexibility index (Phi) is 5.39. The third-order valence-corrected chi connectivity index (χ3v) is 5.17. The summed E-state index contributed by atoms with van der Waals surface area (Å²) in [6.07, 6.45) is 1.02. The molecule has 0 unspecified atom stereocenters. The van der Waals surface area contributed by atoms with E-state index in [0.29, 0.717) is 12.3 Å². The smallest absolute Gasteiger partial charge is 0.237 e. The number of amides is 1. The summed E-state index contributed by atoms with van der Waals surface area (Å²) < 4.78 is 5.22. The number of nitrogens with zero attached hydrogens (tertiary/aromatic N) is 1. The molecule has 0 aromatic heterocycles. The Labute approximate surface area is 145 Å². The van der Waals surface area contributed by atoms with Crippen LogP contribution in [-0.2, 0) is 17.8 Å². The quantitative estimate of drug-likeness (QED) is 0.909. The van der Waals surface area contributed by atoms with Crippen LogP contribution in [0.3, 0.4) is 0 Å². The largest absolute Gasteiger partial charge is 0.479 e. The highest BCUT2D eigenvalue weighted by Crippen LogP contribution is 2.36. The minimum absolute atomic E-state index is 0.0361. The molecule has 2 aromatic rings. The highest BCUT2D eigenvalue weighted by molar-refractivity contribution is 8.00. The summed E-state index contributed by atoms with van der Waals surface area (Å²) in [5.41, 5.74) is 3.41. The molecule has 0 aliphatic carbocycles. The maximum absolute atomic E-state index is 12.5. The SMILES string of the molecule is N#CCOc1ccc(CNC(=O)[C@@H]2SCCc3ccccc32)cc1. The molecule has 5 heteroatoms. The molecule has 0 fully saturated rings. The van der Waals surface area contributed by atoms with Crippen LogP contribution < -0.4 is 10.1 Å². The molecular weight excluding hydrogens is 320 g/mol. The highest BCUT2D eigenvalue weighted by atomic mass is 32.2. The van der Waals surface area contributed by atoms with Crippen LogP contribution in [0.4, 0.5) is 0 Å². The highest BCUT2D eigenvalue weighted by Gasteiger charge is 2.26. The molecule has 1 aliphatic rings. The average Bonchev–Trinajstić information content (AvgIpc) is 2.64. The van der Waals surface area contributed by atoms with E-state index in [4.69, 9.17) is 10.00 Å². The van der Waals surface area contributed by atoms with E-state index in [2.05, 4.69) is 11.4 Å². The third-order valence-electron chi connectivity index (χ3n) is 3.93. The van der Waals surface area contributed by atoms with Crippen LogP contribution in [-0.4, -0.2) is 18.3 Å². The second-order valence-electron chi connectivity index (χ2n) is 5.51. The molecule has 0 saturated heterocycles. The van der Waals surface area contributed by atoms with E-state index in [9.17, 15) is 4.79 Å². The molecule has 0 saturated carbocycles. The first kappa shape index (κ1) is 16.4. The van der Waals surface area contributed by atoms with E-state index in [1.54, 1.807) is 11.8 Å². The molecule has 1 N–H and O–H groups in total. The van der Waals surface area contributed by atoms with Crippen LogP contribution >= 0.6 is 11.8 Å². The van der Waals surface area contributed by atoms with Crippen LogP contribution in [0, 0.1) is 11.3 Å². The lowest BCUT2D eigenvalue weighted by Crippen LogP contribution is -2.29. The van der Waals surface area contributed by atoms with E-state index in [-0.39, 0.29) is 17.8 Å². The molecule has 1 amide bonds. The topological polar surface area (TPSA) is 62.1 Å². The predicted octanol–water partition coefficient (Wildman–Crippen LogP) is 3.24. The van der Waals surface area contributed by atoms with Gasteiger partial charge in [0.1, 0.15) is 17.1 Å². The Bertz CT molecular complexity index is 753. The summed E-state index contributed by atoms with van der Waals surface area (Å²) in [5, 5.41) is 11.4. The number of ether oxygens (including phenoxy) is 1. The number of nitrogens with one attached hydrogen (secondary N) is 1. The number of carbonyl (C=O) groups excluding carboxylic acids is 1. The van der Waals surface area contributed by atoms with Crippen molar-refractivity contribution in [2.24, 2.45) is 0 Å². The maximum atomic E-state index is 12.5. The average molecular weight is 338 g/mol. The van der Waals surface area contributed by atoms with Gasteiger partial charge in [-0.25, -0.2) is 0 Å². The molecule has 122 valence electrons. The Hall–Kier alpha value is -2.45. The molecule has 0 spiro atoms. The fourth-order valence-electron chi connectivity index (χ4n) is 2.71. The van der Waals surface area contributed by atoms with Gasteiger partial charge in [-0.15, -0.1) is 11.8 Å². The summed E-state index contributed by atoms with van der Waals surface area (Å²) in [6.45, 7) is 0.519. The fraction of sp³-hybridized carbons (Fsp3) is 0.263. The fourth-order valence-corrected chi connectivity index (χ4v) is 3.93. The van der Waals surface area contributed by atoms with Crippen molar-refractivity contribution in [2.45, 2.75) is 18.2 Å².